The van der Waals surface area contributed by atoms with Gasteiger partial charge in [-0.25, -0.2) is 0 Å². The molecule has 4 heteroatoms. The van der Waals surface area contributed by atoms with Crippen molar-refractivity contribution in [2.45, 2.75) is 13.8 Å². The number of imide groups is 1. The van der Waals surface area contributed by atoms with E-state index in [1.54, 1.807) is 13.8 Å². The van der Waals surface area contributed by atoms with Crippen molar-refractivity contribution in [3.8, 4) is 0 Å². The molecule has 1 aliphatic heterocycles. The Hall–Kier alpha value is -0.172. The fraction of sp³-hybridized carbons (Fsp3) is 0.667. The van der Waals surface area contributed by atoms with Crippen LogP contribution in [0.25, 0.3) is 5.32 Å². The predicted molar refractivity (Wildman–Crippen MR) is 31.7 cm³/mol. The number of rotatable bonds is 0. The Bertz CT molecular complexity index is 151. The van der Waals surface area contributed by atoms with Gasteiger partial charge in [0.25, 0.3) is 0 Å². The molecule has 2 unspecified atom stereocenters. The van der Waals surface area contributed by atoms with E-state index in [0.717, 1.165) is 0 Å². The van der Waals surface area contributed by atoms with Crippen LogP contribution in [0.15, 0.2) is 0 Å². The maximum atomic E-state index is 10.6. The molecule has 2 atom stereocenters. The van der Waals surface area contributed by atoms with Crippen molar-refractivity contribution in [2.24, 2.45) is 11.8 Å². The minimum Gasteiger partial charge on any atom is -0.595 e. The van der Waals surface area contributed by atoms with Crippen LogP contribution in [0, 0.1) is 11.8 Å². The molecule has 0 aliphatic carbocycles. The number of carbonyl (C=O) groups excluding carboxylic acids is 2. The fourth-order valence-corrected chi connectivity index (χ4v) is 0.740. The first-order valence-corrected chi connectivity index (χ1v) is 2.92. The van der Waals surface area contributed by atoms with Gasteiger partial charge in [0.15, 0.2) is 0 Å². The molecule has 56 valence electrons. The minimum atomic E-state index is -0.271. The Morgan fingerprint density at radius 3 is 1.50 bits per heavy atom. The SMILES string of the molecule is CC1C(=O)[N-]C(=O)C1C.[W]. The number of amides is 2. The molecule has 1 fully saturated rings. The third-order valence-electron chi connectivity index (χ3n) is 1.75. The van der Waals surface area contributed by atoms with E-state index >= 15 is 0 Å². The molecule has 1 rings (SSSR count). The van der Waals surface area contributed by atoms with Crippen LogP contribution in [-0.4, -0.2) is 11.8 Å². The maximum Gasteiger partial charge on any atom is 0.0600 e. The molecule has 0 bridgehead atoms. The number of hydrogen-bond acceptors (Lipinski definition) is 2. The van der Waals surface area contributed by atoms with E-state index in [4.69, 9.17) is 0 Å². The summed E-state index contributed by atoms with van der Waals surface area (Å²) >= 11 is 0. The summed E-state index contributed by atoms with van der Waals surface area (Å²) in [6, 6.07) is 0. The van der Waals surface area contributed by atoms with Crippen molar-refractivity contribution in [3.63, 3.8) is 0 Å². The quantitative estimate of drug-likeness (QED) is 0.618. The Labute approximate surface area is 73.8 Å². The average Bonchev–Trinajstić information content (AvgIpc) is 1.98. The molecule has 10 heavy (non-hydrogen) atoms. The topological polar surface area (TPSA) is 48.2 Å². The molecule has 0 radical (unpaired) electrons. The third-order valence-corrected chi connectivity index (χ3v) is 1.75. The van der Waals surface area contributed by atoms with Crippen molar-refractivity contribution >= 4 is 11.8 Å². The molecule has 0 aromatic heterocycles. The van der Waals surface area contributed by atoms with Gasteiger partial charge >= 0.3 is 0 Å². The van der Waals surface area contributed by atoms with Gasteiger partial charge < -0.3 is 14.9 Å². The van der Waals surface area contributed by atoms with Crippen molar-refractivity contribution in [1.29, 1.82) is 0 Å². The zero-order valence-corrected chi connectivity index (χ0v) is 8.76. The molecular formula is C6H8NO2W-. The second-order valence-corrected chi connectivity index (χ2v) is 2.37. The molecule has 1 aliphatic rings. The number of carbonyl (C=O) groups is 2. The summed E-state index contributed by atoms with van der Waals surface area (Å²) in [6.45, 7) is 3.45. The van der Waals surface area contributed by atoms with Gasteiger partial charge in [0, 0.05) is 32.9 Å². The first-order chi connectivity index (χ1) is 4.13. The predicted octanol–water partition coefficient (Wildman–Crippen LogP) is 0.697. The average molecular weight is 310 g/mol. The standard InChI is InChI=1S/C6H9NO2.W/c1-3-4(2)6(9)7-5(3)8;/h3-4H,1-2H3,(H,7,8,9);/p-1. The van der Waals surface area contributed by atoms with Gasteiger partial charge in [0.1, 0.15) is 0 Å². The van der Waals surface area contributed by atoms with Gasteiger partial charge in [-0.15, -0.1) is 0 Å². The van der Waals surface area contributed by atoms with Crippen LogP contribution in [0.5, 0.6) is 0 Å². The van der Waals surface area contributed by atoms with Crippen LogP contribution in [-0.2, 0) is 30.7 Å². The van der Waals surface area contributed by atoms with E-state index in [1.807, 2.05) is 0 Å². The van der Waals surface area contributed by atoms with E-state index < -0.39 is 0 Å². The second-order valence-electron chi connectivity index (χ2n) is 2.37. The van der Waals surface area contributed by atoms with Crippen LogP contribution in [0.1, 0.15) is 13.8 Å². The number of hydrogen-bond donors (Lipinski definition) is 0. The van der Waals surface area contributed by atoms with Gasteiger partial charge in [-0.2, -0.15) is 0 Å². The van der Waals surface area contributed by atoms with Crippen LogP contribution in [0.2, 0.25) is 0 Å². The molecule has 0 spiro atoms. The summed E-state index contributed by atoms with van der Waals surface area (Å²) in [5, 5.41) is 3.27. The summed E-state index contributed by atoms with van der Waals surface area (Å²) in [5.74, 6) is -0.935. The fourth-order valence-electron chi connectivity index (χ4n) is 0.740. The zero-order valence-electron chi connectivity index (χ0n) is 5.83. The van der Waals surface area contributed by atoms with Crippen LogP contribution < -0.4 is 0 Å². The van der Waals surface area contributed by atoms with E-state index in [2.05, 4.69) is 5.32 Å². The molecule has 2 amide bonds. The Morgan fingerprint density at radius 2 is 1.40 bits per heavy atom. The Morgan fingerprint density at radius 1 is 1.10 bits per heavy atom. The summed E-state index contributed by atoms with van der Waals surface area (Å²) in [7, 11) is 0. The van der Waals surface area contributed by atoms with Crippen molar-refractivity contribution in [1.82, 2.24) is 0 Å². The van der Waals surface area contributed by atoms with Gasteiger partial charge in [-0.3, -0.25) is 0 Å². The molecular weight excluding hydrogens is 302 g/mol. The molecule has 0 aromatic rings. The molecule has 3 nitrogen and oxygen atoms in total. The van der Waals surface area contributed by atoms with E-state index in [0.29, 0.717) is 0 Å². The Balaban J connectivity index is 0.000000810. The second kappa shape index (κ2) is 3.29. The Kier molecular flexibility index (Phi) is 3.23. The molecule has 1 saturated heterocycles. The summed E-state index contributed by atoms with van der Waals surface area (Å²) in [6.07, 6.45) is 0. The van der Waals surface area contributed by atoms with Crippen molar-refractivity contribution in [2.75, 3.05) is 0 Å². The van der Waals surface area contributed by atoms with Gasteiger partial charge in [0.2, 0.25) is 0 Å². The largest absolute Gasteiger partial charge is 0.595 e. The first kappa shape index (κ1) is 9.83. The molecule has 0 N–H and O–H groups in total. The van der Waals surface area contributed by atoms with Gasteiger partial charge in [0.05, 0.1) is 11.8 Å². The van der Waals surface area contributed by atoms with E-state index in [9.17, 15) is 9.59 Å². The maximum absolute atomic E-state index is 10.6. The molecule has 0 aromatic carbocycles. The van der Waals surface area contributed by atoms with Crippen LogP contribution >= 0.6 is 0 Å². The minimum absolute atomic E-state index is 0. The monoisotopic (exact) mass is 310 g/mol. The van der Waals surface area contributed by atoms with E-state index in [-0.39, 0.29) is 44.7 Å². The summed E-state index contributed by atoms with van der Waals surface area (Å²) in [4.78, 5) is 21.2. The van der Waals surface area contributed by atoms with Gasteiger partial charge in [-0.1, -0.05) is 13.8 Å². The third kappa shape index (κ3) is 1.46. The summed E-state index contributed by atoms with van der Waals surface area (Å²) in [5.41, 5.74) is 0. The van der Waals surface area contributed by atoms with Crippen LogP contribution in [0.3, 0.4) is 0 Å². The molecule has 1 heterocycles. The zero-order chi connectivity index (χ0) is 7.02. The normalized spacial score (nSPS) is 31.4. The first-order valence-electron chi connectivity index (χ1n) is 2.92. The number of nitrogens with zero attached hydrogens (tertiary/aromatic N) is 1. The van der Waals surface area contributed by atoms with E-state index in [1.165, 1.54) is 0 Å². The smallest absolute Gasteiger partial charge is 0.0600 e. The summed E-state index contributed by atoms with van der Waals surface area (Å²) < 4.78 is 0. The van der Waals surface area contributed by atoms with Crippen molar-refractivity contribution < 1.29 is 30.7 Å². The van der Waals surface area contributed by atoms with Gasteiger partial charge in [-0.05, 0) is 0 Å². The molecule has 0 saturated carbocycles. The van der Waals surface area contributed by atoms with Crippen molar-refractivity contribution in [3.05, 3.63) is 5.32 Å². The van der Waals surface area contributed by atoms with Crippen LogP contribution in [0.4, 0.5) is 0 Å².